The number of nitrogens with zero attached hydrogens (tertiary/aromatic N) is 1. The lowest BCUT2D eigenvalue weighted by Crippen LogP contribution is -2.26. The number of amides is 1. The van der Waals surface area contributed by atoms with E-state index < -0.39 is 10.0 Å². The van der Waals surface area contributed by atoms with Crippen LogP contribution in [0.15, 0.2) is 83.8 Å². The zero-order chi connectivity index (χ0) is 20.9. The van der Waals surface area contributed by atoms with Gasteiger partial charge >= 0.3 is 0 Å². The van der Waals surface area contributed by atoms with E-state index in [1.807, 2.05) is 13.0 Å². The average molecular weight is 410 g/mol. The molecule has 29 heavy (non-hydrogen) atoms. The molecule has 150 valence electrons. The number of anilines is 2. The van der Waals surface area contributed by atoms with Crippen molar-refractivity contribution in [3.8, 4) is 5.75 Å². The number of carbonyl (C=O) groups is 1. The normalized spacial score (nSPS) is 11.0. The summed E-state index contributed by atoms with van der Waals surface area (Å²) in [6, 6.07) is 21.7. The molecular formula is C22H22N2O4S. The van der Waals surface area contributed by atoms with Gasteiger partial charge in [-0.2, -0.15) is 0 Å². The lowest BCUT2D eigenvalue weighted by molar-refractivity contribution is 0.102. The smallest absolute Gasteiger partial charge is 0.264 e. The topological polar surface area (TPSA) is 75.7 Å². The maximum Gasteiger partial charge on any atom is 0.264 e. The Kier molecular flexibility index (Phi) is 6.19. The van der Waals surface area contributed by atoms with Crippen LogP contribution in [-0.2, 0) is 10.0 Å². The lowest BCUT2D eigenvalue weighted by atomic mass is 10.2. The van der Waals surface area contributed by atoms with Crippen LogP contribution in [0.4, 0.5) is 11.4 Å². The van der Waals surface area contributed by atoms with E-state index in [9.17, 15) is 13.2 Å². The average Bonchev–Trinajstić information content (AvgIpc) is 2.74. The predicted octanol–water partition coefficient (Wildman–Crippen LogP) is 4.16. The van der Waals surface area contributed by atoms with Crippen LogP contribution in [0.5, 0.6) is 5.75 Å². The molecule has 0 fully saturated rings. The van der Waals surface area contributed by atoms with E-state index in [4.69, 9.17) is 4.74 Å². The Hall–Kier alpha value is -3.32. The number of carbonyl (C=O) groups excluding carboxylic acids is 1. The molecule has 0 aliphatic heterocycles. The molecule has 0 aliphatic carbocycles. The van der Waals surface area contributed by atoms with Gasteiger partial charge < -0.3 is 10.1 Å². The van der Waals surface area contributed by atoms with Gasteiger partial charge in [0, 0.05) is 24.4 Å². The fraction of sp³-hybridized carbons (Fsp3) is 0.136. The van der Waals surface area contributed by atoms with Crippen molar-refractivity contribution in [1.29, 1.82) is 0 Å². The van der Waals surface area contributed by atoms with Crippen molar-refractivity contribution in [3.05, 3.63) is 84.4 Å². The number of hydrogen-bond acceptors (Lipinski definition) is 4. The molecule has 3 aromatic rings. The van der Waals surface area contributed by atoms with E-state index in [0.29, 0.717) is 29.3 Å². The third kappa shape index (κ3) is 4.75. The summed E-state index contributed by atoms with van der Waals surface area (Å²) in [7, 11) is -2.26. The molecule has 0 atom stereocenters. The van der Waals surface area contributed by atoms with Crippen LogP contribution >= 0.6 is 0 Å². The first-order chi connectivity index (χ1) is 13.9. The Bertz CT molecular complexity index is 1100. The molecule has 0 saturated carbocycles. The van der Waals surface area contributed by atoms with Gasteiger partial charge in [0.2, 0.25) is 0 Å². The van der Waals surface area contributed by atoms with Crippen molar-refractivity contribution in [2.45, 2.75) is 11.8 Å². The quantitative estimate of drug-likeness (QED) is 0.635. The Morgan fingerprint density at radius 1 is 0.966 bits per heavy atom. The minimum absolute atomic E-state index is 0.185. The third-order valence-corrected chi connectivity index (χ3v) is 6.08. The maximum atomic E-state index is 12.8. The predicted molar refractivity (Wildman–Crippen MR) is 114 cm³/mol. The van der Waals surface area contributed by atoms with Gasteiger partial charge in [-0.05, 0) is 49.4 Å². The van der Waals surface area contributed by atoms with E-state index in [1.165, 1.54) is 19.2 Å². The lowest BCUT2D eigenvalue weighted by Gasteiger charge is -2.20. The number of rotatable bonds is 7. The van der Waals surface area contributed by atoms with Crippen LogP contribution in [-0.4, -0.2) is 28.0 Å². The summed E-state index contributed by atoms with van der Waals surface area (Å²) >= 11 is 0. The van der Waals surface area contributed by atoms with Crippen LogP contribution in [0.2, 0.25) is 0 Å². The number of ether oxygens (including phenoxy) is 1. The van der Waals surface area contributed by atoms with Crippen molar-refractivity contribution in [2.75, 3.05) is 23.3 Å². The highest BCUT2D eigenvalue weighted by atomic mass is 32.2. The summed E-state index contributed by atoms with van der Waals surface area (Å²) in [5.41, 5.74) is 1.33. The molecule has 3 aromatic carbocycles. The van der Waals surface area contributed by atoms with Gasteiger partial charge in [0.15, 0.2) is 0 Å². The molecular weight excluding hydrogens is 388 g/mol. The Morgan fingerprint density at radius 3 is 2.41 bits per heavy atom. The second-order valence-corrected chi connectivity index (χ2v) is 8.22. The van der Waals surface area contributed by atoms with E-state index in [-0.39, 0.29) is 10.8 Å². The number of nitrogens with one attached hydrogen (secondary N) is 1. The molecule has 0 radical (unpaired) electrons. The monoisotopic (exact) mass is 410 g/mol. The minimum atomic E-state index is -3.72. The first-order valence-electron chi connectivity index (χ1n) is 9.10. The second-order valence-electron chi connectivity index (χ2n) is 6.25. The maximum absolute atomic E-state index is 12.8. The van der Waals surface area contributed by atoms with Gasteiger partial charge in [0.25, 0.3) is 15.9 Å². The summed E-state index contributed by atoms with van der Waals surface area (Å²) in [6.45, 7) is 2.42. The van der Waals surface area contributed by atoms with Crippen LogP contribution in [0.25, 0.3) is 0 Å². The standard InChI is InChI=1S/C22H22N2O4S/c1-3-28-20-12-8-10-18(16-20)23-22(25)17-9-7-11-19(15-17)24(2)29(26,27)21-13-5-4-6-14-21/h4-16H,3H2,1-2H3,(H,23,25). The molecule has 6 nitrogen and oxygen atoms in total. The fourth-order valence-electron chi connectivity index (χ4n) is 2.77. The highest BCUT2D eigenvalue weighted by Gasteiger charge is 2.21. The molecule has 7 heteroatoms. The van der Waals surface area contributed by atoms with Gasteiger partial charge in [-0.15, -0.1) is 0 Å². The summed E-state index contributed by atoms with van der Waals surface area (Å²) < 4.78 is 32.2. The molecule has 1 amide bonds. The van der Waals surface area contributed by atoms with Gasteiger partial charge in [-0.25, -0.2) is 8.42 Å². The van der Waals surface area contributed by atoms with E-state index in [0.717, 1.165) is 4.31 Å². The largest absolute Gasteiger partial charge is 0.494 e. The zero-order valence-corrected chi connectivity index (χ0v) is 17.0. The fourth-order valence-corrected chi connectivity index (χ4v) is 3.97. The molecule has 0 saturated heterocycles. The van der Waals surface area contributed by atoms with E-state index in [2.05, 4.69) is 5.32 Å². The molecule has 0 spiro atoms. The minimum Gasteiger partial charge on any atom is -0.494 e. The zero-order valence-electron chi connectivity index (χ0n) is 16.2. The van der Waals surface area contributed by atoms with Crippen molar-refractivity contribution in [1.82, 2.24) is 0 Å². The number of benzene rings is 3. The van der Waals surface area contributed by atoms with E-state index >= 15 is 0 Å². The molecule has 0 heterocycles. The SMILES string of the molecule is CCOc1cccc(NC(=O)c2cccc(N(C)S(=O)(=O)c3ccccc3)c2)c1. The first-order valence-corrected chi connectivity index (χ1v) is 10.5. The second kappa shape index (κ2) is 8.79. The van der Waals surface area contributed by atoms with Gasteiger partial charge in [-0.1, -0.05) is 30.3 Å². The van der Waals surface area contributed by atoms with Gasteiger partial charge in [-0.3, -0.25) is 9.10 Å². The molecule has 0 aliphatic rings. The van der Waals surface area contributed by atoms with Crippen molar-refractivity contribution in [3.63, 3.8) is 0 Å². The highest BCUT2D eigenvalue weighted by molar-refractivity contribution is 7.92. The van der Waals surface area contributed by atoms with Crippen molar-refractivity contribution < 1.29 is 17.9 Å². The van der Waals surface area contributed by atoms with Crippen LogP contribution in [0.3, 0.4) is 0 Å². The number of hydrogen-bond donors (Lipinski definition) is 1. The van der Waals surface area contributed by atoms with Crippen LogP contribution < -0.4 is 14.4 Å². The molecule has 3 rings (SSSR count). The summed E-state index contributed by atoms with van der Waals surface area (Å²) in [6.07, 6.45) is 0. The van der Waals surface area contributed by atoms with Crippen molar-refractivity contribution >= 4 is 27.3 Å². The van der Waals surface area contributed by atoms with E-state index in [1.54, 1.807) is 60.7 Å². The molecule has 0 aromatic heterocycles. The van der Waals surface area contributed by atoms with Crippen LogP contribution in [0.1, 0.15) is 17.3 Å². The first kappa shape index (κ1) is 20.4. The molecule has 1 N–H and O–H groups in total. The Labute approximate surface area is 170 Å². The Balaban J connectivity index is 1.82. The third-order valence-electron chi connectivity index (χ3n) is 4.28. The summed E-state index contributed by atoms with van der Waals surface area (Å²) in [5.74, 6) is 0.318. The number of sulfonamides is 1. The Morgan fingerprint density at radius 2 is 1.69 bits per heavy atom. The van der Waals surface area contributed by atoms with Gasteiger partial charge in [0.1, 0.15) is 5.75 Å². The van der Waals surface area contributed by atoms with Crippen molar-refractivity contribution in [2.24, 2.45) is 0 Å². The summed E-state index contributed by atoms with van der Waals surface area (Å²) in [5, 5.41) is 2.81. The van der Waals surface area contributed by atoms with Crippen LogP contribution in [0, 0.1) is 0 Å². The van der Waals surface area contributed by atoms with Gasteiger partial charge in [0.05, 0.1) is 17.2 Å². The highest BCUT2D eigenvalue weighted by Crippen LogP contribution is 2.24. The summed E-state index contributed by atoms with van der Waals surface area (Å²) in [4.78, 5) is 12.8. The molecule has 0 bridgehead atoms. The molecule has 0 unspecified atom stereocenters.